The van der Waals surface area contributed by atoms with Gasteiger partial charge in [-0.2, -0.15) is 0 Å². The van der Waals surface area contributed by atoms with Crippen LogP contribution in [0.5, 0.6) is 0 Å². The van der Waals surface area contributed by atoms with Gasteiger partial charge in [0.05, 0.1) is 10.7 Å². The van der Waals surface area contributed by atoms with Gasteiger partial charge in [-0.05, 0) is 58.2 Å². The van der Waals surface area contributed by atoms with Gasteiger partial charge < -0.3 is 19.4 Å². The number of likely N-dealkylation sites (tertiary alicyclic amines) is 1. The van der Waals surface area contributed by atoms with E-state index in [2.05, 4.69) is 4.90 Å². The average Bonchev–Trinajstić information content (AvgIpc) is 2.67. The molecule has 28 heavy (non-hydrogen) atoms. The number of carbonyl (C=O) groups excluding carboxylic acids is 2. The summed E-state index contributed by atoms with van der Waals surface area (Å²) in [7, 11) is 0. The first kappa shape index (κ1) is 20.8. The maximum absolute atomic E-state index is 12.8. The first-order valence-corrected chi connectivity index (χ1v) is 10.4. The fourth-order valence-electron chi connectivity index (χ4n) is 3.62. The molecule has 1 aromatic carbocycles. The molecule has 0 bridgehead atoms. The number of hydrogen-bond donors (Lipinski definition) is 0. The second kappa shape index (κ2) is 8.60. The van der Waals surface area contributed by atoms with Gasteiger partial charge in [-0.3, -0.25) is 4.79 Å². The lowest BCUT2D eigenvalue weighted by atomic mass is 10.1. The number of rotatable bonds is 2. The summed E-state index contributed by atoms with van der Waals surface area (Å²) in [6.07, 6.45) is 3.04. The normalized spacial score (nSPS) is 18.2. The van der Waals surface area contributed by atoms with E-state index >= 15 is 0 Å². The van der Waals surface area contributed by atoms with Crippen LogP contribution in [0.25, 0.3) is 0 Å². The topological polar surface area (TPSA) is 53.1 Å². The molecule has 154 valence electrons. The van der Waals surface area contributed by atoms with Crippen molar-refractivity contribution in [3.05, 3.63) is 28.8 Å². The summed E-state index contributed by atoms with van der Waals surface area (Å²) >= 11 is 6.43. The largest absolute Gasteiger partial charge is 0.444 e. The van der Waals surface area contributed by atoms with Crippen LogP contribution >= 0.6 is 11.6 Å². The van der Waals surface area contributed by atoms with Gasteiger partial charge in [0.15, 0.2) is 0 Å². The van der Waals surface area contributed by atoms with Crippen molar-refractivity contribution in [1.82, 2.24) is 9.80 Å². The molecule has 0 saturated carbocycles. The number of anilines is 1. The molecular weight excluding hydrogens is 378 g/mol. The summed E-state index contributed by atoms with van der Waals surface area (Å²) in [5.41, 5.74) is 1.03. The summed E-state index contributed by atoms with van der Waals surface area (Å²) in [5, 5.41) is 0.626. The minimum atomic E-state index is -0.499. The lowest BCUT2D eigenvalue weighted by molar-refractivity contribution is 0.0240. The van der Waals surface area contributed by atoms with E-state index < -0.39 is 5.60 Å². The molecule has 2 saturated heterocycles. The highest BCUT2D eigenvalue weighted by atomic mass is 35.5. The van der Waals surface area contributed by atoms with E-state index in [1.54, 1.807) is 17.0 Å². The Morgan fingerprint density at radius 2 is 1.57 bits per heavy atom. The third-order valence-corrected chi connectivity index (χ3v) is 5.43. The van der Waals surface area contributed by atoms with Gasteiger partial charge in [-0.1, -0.05) is 11.6 Å². The van der Waals surface area contributed by atoms with E-state index in [0.29, 0.717) is 36.8 Å². The molecule has 3 rings (SSSR count). The van der Waals surface area contributed by atoms with Crippen LogP contribution in [0.3, 0.4) is 0 Å². The van der Waals surface area contributed by atoms with Crippen molar-refractivity contribution in [3.8, 4) is 0 Å². The molecule has 0 radical (unpaired) electrons. The molecule has 0 unspecified atom stereocenters. The number of ether oxygens (including phenoxy) is 1. The standard InChI is InChI=1S/C21H30ClN3O3/c1-21(2,3)28-20(27)25-13-11-23(12-14-25)18-15-16(7-8-17(18)22)19(26)24-9-5-4-6-10-24/h7-8,15H,4-6,9-14H2,1-3H3. The number of hydrogen-bond acceptors (Lipinski definition) is 4. The Kier molecular flexibility index (Phi) is 6.38. The summed E-state index contributed by atoms with van der Waals surface area (Å²) in [4.78, 5) is 30.8. The molecule has 0 N–H and O–H groups in total. The SMILES string of the molecule is CC(C)(C)OC(=O)N1CCN(c2cc(C(=O)N3CCCCC3)ccc2Cl)CC1. The van der Waals surface area contributed by atoms with Gasteiger partial charge in [0.1, 0.15) is 5.60 Å². The van der Waals surface area contributed by atoms with E-state index in [1.807, 2.05) is 31.7 Å². The van der Waals surface area contributed by atoms with Crippen LogP contribution in [-0.4, -0.2) is 66.7 Å². The zero-order valence-electron chi connectivity index (χ0n) is 17.0. The Bertz CT molecular complexity index is 718. The Hall–Kier alpha value is -1.95. The average molecular weight is 408 g/mol. The van der Waals surface area contributed by atoms with Crippen LogP contribution < -0.4 is 4.90 Å². The van der Waals surface area contributed by atoms with E-state index in [9.17, 15) is 9.59 Å². The van der Waals surface area contributed by atoms with Crippen LogP contribution in [0.1, 0.15) is 50.4 Å². The Labute approximate surface area is 172 Å². The number of benzene rings is 1. The van der Waals surface area contributed by atoms with E-state index in [0.717, 1.165) is 31.6 Å². The van der Waals surface area contributed by atoms with Crippen molar-refractivity contribution >= 4 is 29.3 Å². The van der Waals surface area contributed by atoms with Crippen molar-refractivity contribution in [2.24, 2.45) is 0 Å². The lowest BCUT2D eigenvalue weighted by Gasteiger charge is -2.37. The fraction of sp³-hybridized carbons (Fsp3) is 0.619. The Balaban J connectivity index is 1.66. The number of nitrogens with zero attached hydrogens (tertiary/aromatic N) is 3. The number of carbonyl (C=O) groups is 2. The van der Waals surface area contributed by atoms with Crippen molar-refractivity contribution in [2.45, 2.75) is 45.6 Å². The van der Waals surface area contributed by atoms with Crippen LogP contribution in [0.2, 0.25) is 5.02 Å². The maximum atomic E-state index is 12.8. The van der Waals surface area contributed by atoms with Crippen molar-refractivity contribution < 1.29 is 14.3 Å². The minimum absolute atomic E-state index is 0.0741. The van der Waals surface area contributed by atoms with Gasteiger partial charge in [-0.25, -0.2) is 4.79 Å². The molecule has 0 atom stereocenters. The third-order valence-electron chi connectivity index (χ3n) is 5.11. The minimum Gasteiger partial charge on any atom is -0.444 e. The number of halogens is 1. The number of piperidine rings is 1. The molecule has 1 aromatic rings. The van der Waals surface area contributed by atoms with Crippen molar-refractivity contribution in [3.63, 3.8) is 0 Å². The quantitative estimate of drug-likeness (QED) is 0.742. The zero-order valence-corrected chi connectivity index (χ0v) is 17.8. The van der Waals surface area contributed by atoms with Gasteiger partial charge in [0.2, 0.25) is 0 Å². The molecule has 2 aliphatic heterocycles. The van der Waals surface area contributed by atoms with Gasteiger partial charge in [0.25, 0.3) is 5.91 Å². The van der Waals surface area contributed by atoms with Crippen LogP contribution in [0, 0.1) is 0 Å². The van der Waals surface area contributed by atoms with E-state index in [1.165, 1.54) is 6.42 Å². The fourth-order valence-corrected chi connectivity index (χ4v) is 3.86. The summed E-state index contributed by atoms with van der Waals surface area (Å²) in [6, 6.07) is 5.50. The second-order valence-corrected chi connectivity index (χ2v) is 8.88. The molecule has 0 aliphatic carbocycles. The molecule has 0 aromatic heterocycles. The molecule has 2 amide bonds. The molecule has 2 aliphatic rings. The Morgan fingerprint density at radius 3 is 2.18 bits per heavy atom. The molecule has 7 heteroatoms. The molecule has 6 nitrogen and oxygen atoms in total. The second-order valence-electron chi connectivity index (χ2n) is 8.47. The van der Waals surface area contributed by atoms with Crippen LogP contribution in [0.4, 0.5) is 10.5 Å². The zero-order chi connectivity index (χ0) is 20.3. The third kappa shape index (κ3) is 5.10. The Morgan fingerprint density at radius 1 is 0.929 bits per heavy atom. The molecule has 2 heterocycles. The number of piperazine rings is 1. The highest BCUT2D eigenvalue weighted by molar-refractivity contribution is 6.33. The summed E-state index contributed by atoms with van der Waals surface area (Å²) in [5.74, 6) is 0.0741. The van der Waals surface area contributed by atoms with E-state index in [4.69, 9.17) is 16.3 Å². The molecular formula is C21H30ClN3O3. The molecule has 0 spiro atoms. The van der Waals surface area contributed by atoms with Gasteiger partial charge in [-0.15, -0.1) is 0 Å². The predicted octanol–water partition coefficient (Wildman–Crippen LogP) is 4.02. The molecule has 2 fully saturated rings. The predicted molar refractivity (Wildman–Crippen MR) is 111 cm³/mol. The smallest absolute Gasteiger partial charge is 0.410 e. The van der Waals surface area contributed by atoms with Crippen molar-refractivity contribution in [1.29, 1.82) is 0 Å². The first-order valence-electron chi connectivity index (χ1n) is 10.1. The van der Waals surface area contributed by atoms with E-state index in [-0.39, 0.29) is 12.0 Å². The lowest BCUT2D eigenvalue weighted by Crippen LogP contribution is -2.50. The first-order chi connectivity index (χ1) is 13.2. The monoisotopic (exact) mass is 407 g/mol. The van der Waals surface area contributed by atoms with Crippen LogP contribution in [-0.2, 0) is 4.74 Å². The number of amides is 2. The van der Waals surface area contributed by atoms with Crippen molar-refractivity contribution in [2.75, 3.05) is 44.2 Å². The maximum Gasteiger partial charge on any atom is 0.410 e. The highest BCUT2D eigenvalue weighted by Gasteiger charge is 2.27. The van der Waals surface area contributed by atoms with Crippen LogP contribution in [0.15, 0.2) is 18.2 Å². The van der Waals surface area contributed by atoms with Gasteiger partial charge in [0, 0.05) is 44.8 Å². The highest BCUT2D eigenvalue weighted by Crippen LogP contribution is 2.29. The summed E-state index contributed by atoms with van der Waals surface area (Å²) < 4.78 is 5.45. The summed E-state index contributed by atoms with van der Waals surface area (Å²) in [6.45, 7) is 9.69. The van der Waals surface area contributed by atoms with Gasteiger partial charge >= 0.3 is 6.09 Å².